The van der Waals surface area contributed by atoms with Crippen LogP contribution in [-0.4, -0.2) is 46.7 Å². The van der Waals surface area contributed by atoms with Crippen LogP contribution in [0.5, 0.6) is 0 Å². The minimum Gasteiger partial charge on any atom is -0.478 e. The maximum atomic E-state index is 13.3. The number of hydrogen-bond acceptors (Lipinski definition) is 5. The van der Waals surface area contributed by atoms with Crippen LogP contribution in [0.4, 0.5) is 5.69 Å². The lowest BCUT2D eigenvalue weighted by atomic mass is 9.86. The average molecular weight is 414 g/mol. The molecule has 152 valence electrons. The van der Waals surface area contributed by atoms with E-state index in [1.807, 2.05) is 0 Å². The van der Waals surface area contributed by atoms with E-state index in [0.717, 1.165) is 9.80 Å². The number of imide groups is 2. The highest BCUT2D eigenvalue weighted by Crippen LogP contribution is 2.39. The molecule has 3 aromatic rings. The molecule has 2 aliphatic heterocycles. The first-order chi connectivity index (χ1) is 14.7. The van der Waals surface area contributed by atoms with E-state index in [1.54, 1.807) is 13.0 Å². The molecule has 2 heterocycles. The zero-order valence-electron chi connectivity index (χ0n) is 16.4. The topological polar surface area (TPSA) is 112 Å². The second-order valence-electron chi connectivity index (χ2n) is 7.55. The fraction of sp³-hybridized carbons (Fsp3) is 0.0870. The first kappa shape index (κ1) is 18.7. The lowest BCUT2D eigenvalue weighted by Crippen LogP contribution is -2.42. The molecule has 8 nitrogen and oxygen atoms in total. The summed E-state index contributed by atoms with van der Waals surface area (Å²) >= 11 is 0. The van der Waals surface area contributed by atoms with Crippen LogP contribution < -0.4 is 4.90 Å². The van der Waals surface area contributed by atoms with Gasteiger partial charge in [-0.25, -0.2) is 9.69 Å². The minimum atomic E-state index is -1.18. The number of carbonyl (C=O) groups is 5. The van der Waals surface area contributed by atoms with Gasteiger partial charge in [-0.1, -0.05) is 0 Å². The molecule has 0 saturated heterocycles. The summed E-state index contributed by atoms with van der Waals surface area (Å²) < 4.78 is 0. The Bertz CT molecular complexity index is 1350. The predicted molar refractivity (Wildman–Crippen MR) is 110 cm³/mol. The molecule has 3 aromatic carbocycles. The summed E-state index contributed by atoms with van der Waals surface area (Å²) in [5.41, 5.74) is 1.48. The number of aromatic carboxylic acids is 1. The molecule has 0 spiro atoms. The quantitative estimate of drug-likeness (QED) is 0.646. The van der Waals surface area contributed by atoms with Gasteiger partial charge in [-0.05, 0) is 55.0 Å². The Kier molecular flexibility index (Phi) is 3.67. The van der Waals surface area contributed by atoms with Gasteiger partial charge in [-0.3, -0.25) is 24.1 Å². The van der Waals surface area contributed by atoms with Gasteiger partial charge in [0, 0.05) is 40.1 Å². The van der Waals surface area contributed by atoms with E-state index in [9.17, 15) is 29.1 Å². The van der Waals surface area contributed by atoms with E-state index < -0.39 is 29.6 Å². The Hall–Kier alpha value is -4.33. The lowest BCUT2D eigenvalue weighted by molar-refractivity contribution is 0.0646. The molecule has 4 amide bonds. The summed E-state index contributed by atoms with van der Waals surface area (Å²) in [6.45, 7) is 1.67. The maximum absolute atomic E-state index is 13.3. The monoisotopic (exact) mass is 414 g/mol. The summed E-state index contributed by atoms with van der Waals surface area (Å²) in [5, 5.41) is 9.91. The third kappa shape index (κ3) is 2.38. The predicted octanol–water partition coefficient (Wildman–Crippen LogP) is 2.87. The van der Waals surface area contributed by atoms with Gasteiger partial charge < -0.3 is 5.11 Å². The van der Waals surface area contributed by atoms with Crippen molar-refractivity contribution in [1.82, 2.24) is 4.90 Å². The number of amides is 4. The zero-order valence-corrected chi connectivity index (χ0v) is 16.4. The summed E-state index contributed by atoms with van der Waals surface area (Å²) in [6, 6.07) is 10.1. The number of rotatable bonds is 2. The van der Waals surface area contributed by atoms with Crippen LogP contribution >= 0.6 is 0 Å². The van der Waals surface area contributed by atoms with E-state index in [1.165, 1.54) is 43.4 Å². The number of benzene rings is 3. The van der Waals surface area contributed by atoms with Crippen molar-refractivity contribution in [3.8, 4) is 0 Å². The molecule has 1 N–H and O–H groups in total. The molecule has 31 heavy (non-hydrogen) atoms. The van der Waals surface area contributed by atoms with E-state index in [-0.39, 0.29) is 38.9 Å². The number of carbonyl (C=O) groups excluding carboxylic acids is 4. The van der Waals surface area contributed by atoms with Crippen molar-refractivity contribution < 1.29 is 29.1 Å². The molecule has 0 unspecified atom stereocenters. The molecule has 0 atom stereocenters. The average Bonchev–Trinajstić information content (AvgIpc) is 2.74. The summed E-state index contributed by atoms with van der Waals surface area (Å²) in [7, 11) is 1.38. The zero-order chi connectivity index (χ0) is 22.2. The number of aryl methyl sites for hydroxylation is 1. The molecule has 0 radical (unpaired) electrons. The highest BCUT2D eigenvalue weighted by atomic mass is 16.4. The van der Waals surface area contributed by atoms with Gasteiger partial charge >= 0.3 is 5.97 Å². The van der Waals surface area contributed by atoms with Crippen molar-refractivity contribution in [1.29, 1.82) is 0 Å². The van der Waals surface area contributed by atoms with Gasteiger partial charge in [-0.15, -0.1) is 0 Å². The van der Waals surface area contributed by atoms with Gasteiger partial charge in [0.05, 0.1) is 11.3 Å². The van der Waals surface area contributed by atoms with Gasteiger partial charge in [0.2, 0.25) is 0 Å². The largest absolute Gasteiger partial charge is 0.478 e. The molecular formula is C23H14N2O6. The van der Waals surface area contributed by atoms with Gasteiger partial charge in [0.15, 0.2) is 0 Å². The highest BCUT2D eigenvalue weighted by molar-refractivity contribution is 6.39. The normalized spacial score (nSPS) is 15.2. The fourth-order valence-electron chi connectivity index (χ4n) is 4.25. The maximum Gasteiger partial charge on any atom is 0.335 e. The summed E-state index contributed by atoms with van der Waals surface area (Å²) in [4.78, 5) is 65.3. The van der Waals surface area contributed by atoms with Crippen molar-refractivity contribution in [2.24, 2.45) is 0 Å². The Morgan fingerprint density at radius 1 is 0.742 bits per heavy atom. The Morgan fingerprint density at radius 2 is 1.19 bits per heavy atom. The third-order valence-corrected chi connectivity index (χ3v) is 5.67. The lowest BCUT2D eigenvalue weighted by Gasteiger charge is -2.31. The standard InChI is InChI=1S/C23H14N2O6/c1-10-7-11(23(30)31)9-12(8-10)25-21(28)15-5-3-13-17-14(20(27)24(2)19(13)26)4-6-16(18(15)17)22(25)29/h3-9H,1-2H3,(H,30,31). The molecular weight excluding hydrogens is 400 g/mol. The molecule has 2 aliphatic rings. The van der Waals surface area contributed by atoms with Crippen molar-refractivity contribution in [2.75, 3.05) is 11.9 Å². The molecule has 0 bridgehead atoms. The summed E-state index contributed by atoms with van der Waals surface area (Å²) in [5.74, 6) is -3.49. The number of carboxylic acids is 1. The van der Waals surface area contributed by atoms with Gasteiger partial charge in [-0.2, -0.15) is 0 Å². The molecule has 0 aliphatic carbocycles. The van der Waals surface area contributed by atoms with Crippen LogP contribution in [0, 0.1) is 6.92 Å². The van der Waals surface area contributed by atoms with Crippen molar-refractivity contribution in [3.05, 3.63) is 75.8 Å². The number of nitrogens with zero attached hydrogens (tertiary/aromatic N) is 2. The molecule has 8 heteroatoms. The number of anilines is 1. The molecule has 0 fully saturated rings. The number of carboxylic acid groups (broad SMARTS) is 1. The van der Waals surface area contributed by atoms with Crippen molar-refractivity contribution >= 4 is 46.1 Å². The SMILES string of the molecule is Cc1cc(C(=O)O)cc(N2C(=O)c3ccc4c5c(ccc(c35)C2=O)C(=O)N(C)C4=O)c1. The molecule has 0 saturated carbocycles. The second kappa shape index (κ2) is 6.09. The van der Waals surface area contributed by atoms with Gasteiger partial charge in [0.25, 0.3) is 23.6 Å². The van der Waals surface area contributed by atoms with E-state index in [2.05, 4.69) is 0 Å². The minimum absolute atomic E-state index is 0.0501. The van der Waals surface area contributed by atoms with Crippen LogP contribution in [0.25, 0.3) is 10.8 Å². The number of hydrogen-bond donors (Lipinski definition) is 1. The smallest absolute Gasteiger partial charge is 0.335 e. The second-order valence-corrected chi connectivity index (χ2v) is 7.55. The van der Waals surface area contributed by atoms with Crippen LogP contribution in [0.2, 0.25) is 0 Å². The van der Waals surface area contributed by atoms with Crippen molar-refractivity contribution in [3.63, 3.8) is 0 Å². The first-order valence-electron chi connectivity index (χ1n) is 9.36. The Balaban J connectivity index is 1.78. The first-order valence-corrected chi connectivity index (χ1v) is 9.36. The van der Waals surface area contributed by atoms with E-state index in [4.69, 9.17) is 0 Å². The van der Waals surface area contributed by atoms with Crippen LogP contribution in [0.15, 0.2) is 42.5 Å². The third-order valence-electron chi connectivity index (χ3n) is 5.67. The van der Waals surface area contributed by atoms with Crippen LogP contribution in [-0.2, 0) is 0 Å². The molecule has 0 aromatic heterocycles. The van der Waals surface area contributed by atoms with Gasteiger partial charge in [0.1, 0.15) is 0 Å². The Labute approximate surface area is 175 Å². The molecule has 5 rings (SSSR count). The van der Waals surface area contributed by atoms with Crippen LogP contribution in [0.3, 0.4) is 0 Å². The fourth-order valence-corrected chi connectivity index (χ4v) is 4.25. The van der Waals surface area contributed by atoms with E-state index in [0.29, 0.717) is 10.9 Å². The van der Waals surface area contributed by atoms with E-state index >= 15 is 0 Å². The van der Waals surface area contributed by atoms with Crippen LogP contribution in [0.1, 0.15) is 57.4 Å². The van der Waals surface area contributed by atoms with Crippen molar-refractivity contribution in [2.45, 2.75) is 6.92 Å². The summed E-state index contributed by atoms with van der Waals surface area (Å²) in [6.07, 6.45) is 0. The Morgan fingerprint density at radius 3 is 1.65 bits per heavy atom. The highest BCUT2D eigenvalue weighted by Gasteiger charge is 2.39.